The minimum absolute atomic E-state index is 0.0636. The number of amides is 3. The van der Waals surface area contributed by atoms with Crippen LogP contribution in [0.25, 0.3) is 0 Å². The van der Waals surface area contributed by atoms with Crippen LogP contribution in [0.4, 0.5) is 4.79 Å². The van der Waals surface area contributed by atoms with E-state index in [1.807, 2.05) is 30.5 Å². The highest BCUT2D eigenvalue weighted by atomic mass is 16.5. The van der Waals surface area contributed by atoms with Crippen molar-refractivity contribution in [2.24, 2.45) is 5.92 Å². The van der Waals surface area contributed by atoms with Gasteiger partial charge in [-0.3, -0.25) is 10.1 Å². The lowest BCUT2D eigenvalue weighted by molar-refractivity contribution is -0.123. The predicted octanol–water partition coefficient (Wildman–Crippen LogP) is 3.31. The van der Waals surface area contributed by atoms with Gasteiger partial charge in [-0.1, -0.05) is 19.8 Å². The fraction of sp³-hybridized carbons (Fsp3) is 0.500. The number of aryl methyl sites for hydroxylation is 1. The molecule has 2 aromatic rings. The Kier molecular flexibility index (Phi) is 6.97. The zero-order valence-corrected chi connectivity index (χ0v) is 17.7. The Morgan fingerprint density at radius 3 is 2.70 bits per heavy atom. The Bertz CT molecular complexity index is 900. The van der Waals surface area contributed by atoms with E-state index in [0.29, 0.717) is 18.0 Å². The first kappa shape index (κ1) is 21.7. The van der Waals surface area contributed by atoms with Gasteiger partial charge >= 0.3 is 12.0 Å². The van der Waals surface area contributed by atoms with Crippen molar-refractivity contribution in [1.82, 2.24) is 15.2 Å². The number of urea groups is 1. The Balaban J connectivity index is 1.50. The molecule has 1 aliphatic rings. The maximum atomic E-state index is 12.4. The number of nitrogens with zero attached hydrogens (tertiary/aromatic N) is 1. The molecule has 1 aliphatic carbocycles. The molecule has 2 N–H and O–H groups in total. The van der Waals surface area contributed by atoms with Gasteiger partial charge in [0.15, 0.2) is 6.61 Å². The molecule has 0 radical (unpaired) electrons. The molecule has 3 amide bonds. The van der Waals surface area contributed by atoms with Crippen LogP contribution >= 0.6 is 0 Å². The maximum absolute atomic E-state index is 12.4. The first-order chi connectivity index (χ1) is 14.3. The number of carbonyl (C=O) groups is 3. The van der Waals surface area contributed by atoms with Gasteiger partial charge in [0.05, 0.1) is 18.4 Å². The van der Waals surface area contributed by atoms with Crippen LogP contribution in [-0.2, 0) is 16.1 Å². The van der Waals surface area contributed by atoms with E-state index in [4.69, 9.17) is 9.15 Å². The molecule has 2 heterocycles. The number of hydrogen-bond acceptors (Lipinski definition) is 5. The zero-order valence-electron chi connectivity index (χ0n) is 17.7. The van der Waals surface area contributed by atoms with E-state index >= 15 is 0 Å². The monoisotopic (exact) mass is 415 g/mol. The third-order valence-electron chi connectivity index (χ3n) is 5.70. The summed E-state index contributed by atoms with van der Waals surface area (Å²) in [5, 5.41) is 5.07. The number of imide groups is 1. The van der Waals surface area contributed by atoms with E-state index < -0.39 is 24.5 Å². The van der Waals surface area contributed by atoms with E-state index in [9.17, 15) is 14.4 Å². The highest BCUT2D eigenvalue weighted by Gasteiger charge is 2.24. The molecule has 2 aromatic heterocycles. The number of hydrogen-bond donors (Lipinski definition) is 2. The normalized spacial score (nSPS) is 18.6. The summed E-state index contributed by atoms with van der Waals surface area (Å²) in [6.07, 6.45) is 5.81. The molecule has 0 unspecified atom stereocenters. The van der Waals surface area contributed by atoms with Crippen LogP contribution < -0.4 is 10.6 Å². The van der Waals surface area contributed by atoms with Crippen molar-refractivity contribution in [3.63, 3.8) is 0 Å². The van der Waals surface area contributed by atoms with Crippen LogP contribution in [0.3, 0.4) is 0 Å². The van der Waals surface area contributed by atoms with E-state index in [1.54, 1.807) is 12.3 Å². The first-order valence-electron chi connectivity index (χ1n) is 10.3. The molecule has 1 fully saturated rings. The van der Waals surface area contributed by atoms with E-state index in [0.717, 1.165) is 42.8 Å². The van der Waals surface area contributed by atoms with Gasteiger partial charge in [0.2, 0.25) is 0 Å². The lowest BCUT2D eigenvalue weighted by Crippen LogP contribution is -2.48. The fourth-order valence-corrected chi connectivity index (χ4v) is 3.92. The molecule has 8 nitrogen and oxygen atoms in total. The van der Waals surface area contributed by atoms with Crippen molar-refractivity contribution in [1.29, 1.82) is 0 Å². The predicted molar refractivity (Wildman–Crippen MR) is 110 cm³/mol. The smallest absolute Gasteiger partial charge is 0.340 e. The number of carbonyl (C=O) groups excluding carboxylic acids is 3. The summed E-state index contributed by atoms with van der Waals surface area (Å²) < 4.78 is 12.4. The SMILES string of the molecule is Cc1cc(C(=O)OCC(=O)NC(=O)N[C@@H]2CCCC[C@H]2C)c(C)n1Cc1ccco1. The second-order valence-electron chi connectivity index (χ2n) is 7.92. The highest BCUT2D eigenvalue weighted by Crippen LogP contribution is 2.23. The molecule has 8 heteroatoms. The van der Waals surface area contributed by atoms with Crippen LogP contribution in [0.5, 0.6) is 0 Å². The summed E-state index contributed by atoms with van der Waals surface area (Å²) >= 11 is 0. The molecule has 162 valence electrons. The van der Waals surface area contributed by atoms with Crippen LogP contribution in [-0.4, -0.2) is 35.1 Å². The van der Waals surface area contributed by atoms with Gasteiger partial charge in [0.1, 0.15) is 5.76 Å². The molecule has 1 saturated carbocycles. The van der Waals surface area contributed by atoms with E-state index in [1.165, 1.54) is 0 Å². The summed E-state index contributed by atoms with van der Waals surface area (Å²) in [4.78, 5) is 36.5. The summed E-state index contributed by atoms with van der Waals surface area (Å²) in [5.74, 6) is -0.109. The van der Waals surface area contributed by atoms with Crippen molar-refractivity contribution in [3.05, 3.63) is 47.2 Å². The topological polar surface area (TPSA) is 103 Å². The van der Waals surface area contributed by atoms with E-state index in [2.05, 4.69) is 17.6 Å². The molecule has 3 rings (SSSR count). The lowest BCUT2D eigenvalue weighted by atomic mass is 9.86. The Hall–Kier alpha value is -3.03. The second kappa shape index (κ2) is 9.65. The van der Waals surface area contributed by atoms with Crippen molar-refractivity contribution in [3.8, 4) is 0 Å². The number of aromatic nitrogens is 1. The largest absolute Gasteiger partial charge is 0.467 e. The van der Waals surface area contributed by atoms with Gasteiger partial charge in [-0.15, -0.1) is 0 Å². The van der Waals surface area contributed by atoms with Gasteiger partial charge in [-0.05, 0) is 50.8 Å². The molecule has 0 aliphatic heterocycles. The summed E-state index contributed by atoms with van der Waals surface area (Å²) in [6, 6.07) is 4.90. The minimum atomic E-state index is -0.659. The van der Waals surface area contributed by atoms with E-state index in [-0.39, 0.29) is 6.04 Å². The molecular weight excluding hydrogens is 386 g/mol. The van der Waals surface area contributed by atoms with Gasteiger partial charge in [-0.2, -0.15) is 0 Å². The van der Waals surface area contributed by atoms with Crippen molar-refractivity contribution < 1.29 is 23.5 Å². The van der Waals surface area contributed by atoms with Crippen molar-refractivity contribution in [2.45, 2.75) is 59.0 Å². The van der Waals surface area contributed by atoms with Crippen molar-refractivity contribution >= 4 is 17.9 Å². The fourth-order valence-electron chi connectivity index (χ4n) is 3.92. The van der Waals surface area contributed by atoms with Crippen LogP contribution in [0.2, 0.25) is 0 Å². The minimum Gasteiger partial charge on any atom is -0.467 e. The van der Waals surface area contributed by atoms with Crippen LogP contribution in [0.1, 0.15) is 60.1 Å². The molecule has 0 bridgehead atoms. The Morgan fingerprint density at radius 1 is 1.23 bits per heavy atom. The van der Waals surface area contributed by atoms with Gasteiger partial charge in [-0.25, -0.2) is 9.59 Å². The quantitative estimate of drug-likeness (QED) is 0.705. The number of rotatable bonds is 6. The third kappa shape index (κ3) is 5.31. The highest BCUT2D eigenvalue weighted by molar-refractivity contribution is 5.97. The van der Waals surface area contributed by atoms with Gasteiger partial charge < -0.3 is 19.0 Å². The number of esters is 1. The summed E-state index contributed by atoms with van der Waals surface area (Å²) in [5.41, 5.74) is 1.98. The first-order valence-corrected chi connectivity index (χ1v) is 10.3. The standard InChI is InChI=1S/C22H29N3O5/c1-14-7-4-5-9-19(14)23-22(28)24-20(26)13-30-21(27)18-11-15(2)25(16(18)3)12-17-8-6-10-29-17/h6,8,10-11,14,19H,4-5,7,9,12-13H2,1-3H3,(H2,23,24,26,28)/t14-,19-/m1/s1. The number of nitrogens with one attached hydrogen (secondary N) is 2. The van der Waals surface area contributed by atoms with Gasteiger partial charge in [0.25, 0.3) is 5.91 Å². The second-order valence-corrected chi connectivity index (χ2v) is 7.92. The molecule has 0 saturated heterocycles. The number of furan rings is 1. The molecule has 30 heavy (non-hydrogen) atoms. The van der Waals surface area contributed by atoms with Crippen LogP contribution in [0, 0.1) is 19.8 Å². The lowest BCUT2D eigenvalue weighted by Gasteiger charge is -2.29. The maximum Gasteiger partial charge on any atom is 0.340 e. The summed E-state index contributed by atoms with van der Waals surface area (Å²) in [7, 11) is 0. The average Bonchev–Trinajstić information content (AvgIpc) is 3.31. The van der Waals surface area contributed by atoms with Crippen LogP contribution in [0.15, 0.2) is 28.9 Å². The molecule has 0 spiro atoms. The molecular formula is C22H29N3O5. The Morgan fingerprint density at radius 2 is 2.00 bits per heavy atom. The third-order valence-corrected chi connectivity index (χ3v) is 5.70. The molecule has 2 atom stereocenters. The number of ether oxygens (including phenoxy) is 1. The summed E-state index contributed by atoms with van der Waals surface area (Å²) in [6.45, 7) is 5.77. The van der Waals surface area contributed by atoms with Gasteiger partial charge in [0, 0.05) is 17.4 Å². The zero-order chi connectivity index (χ0) is 21.7. The molecule has 0 aromatic carbocycles. The van der Waals surface area contributed by atoms with Crippen molar-refractivity contribution in [2.75, 3.05) is 6.61 Å². The average molecular weight is 415 g/mol. The Labute approximate surface area is 176 Å².